The molecule has 0 saturated carbocycles. The Hall–Kier alpha value is -0.900. The van der Waals surface area contributed by atoms with Crippen LogP contribution in [0.1, 0.15) is 66.7 Å². The van der Waals surface area contributed by atoms with Gasteiger partial charge in [0.05, 0.1) is 6.04 Å². The molecule has 20 heavy (non-hydrogen) atoms. The number of hydrogen-bond donors (Lipinski definition) is 2. The molecule has 0 aliphatic heterocycles. The van der Waals surface area contributed by atoms with E-state index in [2.05, 4.69) is 24.5 Å². The topological polar surface area (TPSA) is 58.2 Å². The molecule has 0 saturated heterocycles. The van der Waals surface area contributed by atoms with E-state index >= 15 is 0 Å². The van der Waals surface area contributed by atoms with Gasteiger partial charge in [-0.3, -0.25) is 9.59 Å². The quantitative estimate of drug-likeness (QED) is 0.573. The number of rotatable bonds is 11. The standard InChI is InChI=1S/C16H32N2O2/c1-6-9-15(19)17-11-8-7-10-14(18-13(4)5)16(20)12(2)3/h12-14,18H,6-11H2,1-5H3,(H,17,19). The third-order valence-corrected chi connectivity index (χ3v) is 3.17. The lowest BCUT2D eigenvalue weighted by atomic mass is 9.96. The Kier molecular flexibility index (Phi) is 10.3. The molecule has 1 unspecified atom stereocenters. The van der Waals surface area contributed by atoms with Crippen molar-refractivity contribution >= 4 is 11.7 Å². The molecule has 0 aliphatic carbocycles. The van der Waals surface area contributed by atoms with Crippen molar-refractivity contribution < 1.29 is 9.59 Å². The summed E-state index contributed by atoms with van der Waals surface area (Å²) in [6.07, 6.45) is 4.21. The fourth-order valence-electron chi connectivity index (χ4n) is 2.13. The molecule has 1 amide bonds. The summed E-state index contributed by atoms with van der Waals surface area (Å²) in [5.74, 6) is 0.479. The van der Waals surface area contributed by atoms with Gasteiger partial charge in [0.2, 0.25) is 5.91 Å². The summed E-state index contributed by atoms with van der Waals surface area (Å²) in [6, 6.07) is 0.258. The normalized spacial score (nSPS) is 12.8. The summed E-state index contributed by atoms with van der Waals surface area (Å²) in [5.41, 5.74) is 0. The summed E-state index contributed by atoms with van der Waals surface area (Å²) in [5, 5.41) is 6.25. The first-order valence-electron chi connectivity index (χ1n) is 7.94. The number of amides is 1. The van der Waals surface area contributed by atoms with Crippen LogP contribution >= 0.6 is 0 Å². The van der Waals surface area contributed by atoms with Crippen LogP contribution in [0.3, 0.4) is 0 Å². The zero-order valence-corrected chi connectivity index (χ0v) is 13.8. The molecular weight excluding hydrogens is 252 g/mol. The minimum atomic E-state index is -0.0543. The van der Waals surface area contributed by atoms with Crippen LogP contribution in [-0.4, -0.2) is 30.3 Å². The monoisotopic (exact) mass is 284 g/mol. The third kappa shape index (κ3) is 9.08. The van der Waals surface area contributed by atoms with Crippen molar-refractivity contribution in [3.05, 3.63) is 0 Å². The molecule has 4 heteroatoms. The highest BCUT2D eigenvalue weighted by Crippen LogP contribution is 2.08. The van der Waals surface area contributed by atoms with E-state index in [-0.39, 0.29) is 23.7 Å². The van der Waals surface area contributed by atoms with Gasteiger partial charge in [-0.1, -0.05) is 34.6 Å². The van der Waals surface area contributed by atoms with Crippen LogP contribution in [0.5, 0.6) is 0 Å². The van der Waals surface area contributed by atoms with Gasteiger partial charge in [-0.25, -0.2) is 0 Å². The number of Topliss-reactive ketones (excluding diaryl/α,β-unsaturated/α-hetero) is 1. The molecular formula is C16H32N2O2. The second-order valence-corrected chi connectivity index (χ2v) is 6.03. The molecule has 0 radical (unpaired) electrons. The van der Waals surface area contributed by atoms with Crippen LogP contribution in [0.2, 0.25) is 0 Å². The second kappa shape index (κ2) is 10.8. The van der Waals surface area contributed by atoms with E-state index in [1.165, 1.54) is 0 Å². The van der Waals surface area contributed by atoms with Gasteiger partial charge < -0.3 is 10.6 Å². The molecule has 4 nitrogen and oxygen atoms in total. The summed E-state index contributed by atoms with van der Waals surface area (Å²) in [4.78, 5) is 23.4. The number of nitrogens with one attached hydrogen (secondary N) is 2. The summed E-state index contributed by atoms with van der Waals surface area (Å²) in [6.45, 7) is 10.7. The Bertz CT molecular complexity index is 288. The maximum Gasteiger partial charge on any atom is 0.219 e. The van der Waals surface area contributed by atoms with Crippen LogP contribution in [0.4, 0.5) is 0 Å². The molecule has 0 aliphatic rings. The summed E-state index contributed by atoms with van der Waals surface area (Å²) < 4.78 is 0. The molecule has 118 valence electrons. The van der Waals surface area contributed by atoms with Crippen LogP contribution in [0, 0.1) is 5.92 Å². The predicted molar refractivity (Wildman–Crippen MR) is 83.7 cm³/mol. The number of hydrogen-bond acceptors (Lipinski definition) is 3. The van der Waals surface area contributed by atoms with Gasteiger partial charge in [-0.15, -0.1) is 0 Å². The van der Waals surface area contributed by atoms with Crippen molar-refractivity contribution in [3.63, 3.8) is 0 Å². The van der Waals surface area contributed by atoms with Crippen LogP contribution in [0.25, 0.3) is 0 Å². The zero-order chi connectivity index (χ0) is 15.5. The van der Waals surface area contributed by atoms with Crippen molar-refractivity contribution in [2.75, 3.05) is 6.54 Å². The fraction of sp³-hybridized carbons (Fsp3) is 0.875. The van der Waals surface area contributed by atoms with Gasteiger partial charge >= 0.3 is 0 Å². The number of ketones is 1. The summed E-state index contributed by atoms with van der Waals surface area (Å²) in [7, 11) is 0. The highest BCUT2D eigenvalue weighted by Gasteiger charge is 2.20. The fourth-order valence-corrected chi connectivity index (χ4v) is 2.13. The van der Waals surface area contributed by atoms with E-state index in [1.807, 2.05) is 20.8 Å². The van der Waals surface area contributed by atoms with Gasteiger partial charge in [0, 0.05) is 24.9 Å². The Morgan fingerprint density at radius 1 is 1.05 bits per heavy atom. The Labute approximate surface area is 124 Å². The maximum atomic E-state index is 12.1. The van der Waals surface area contributed by atoms with E-state index in [4.69, 9.17) is 0 Å². The number of unbranched alkanes of at least 4 members (excludes halogenated alkanes) is 1. The van der Waals surface area contributed by atoms with Gasteiger partial charge in [0.1, 0.15) is 0 Å². The predicted octanol–water partition coefficient (Wildman–Crippen LogP) is 2.66. The largest absolute Gasteiger partial charge is 0.356 e. The number of carbonyl (C=O) groups is 2. The van der Waals surface area contributed by atoms with Crippen molar-refractivity contribution in [2.24, 2.45) is 5.92 Å². The molecule has 1 atom stereocenters. The van der Waals surface area contributed by atoms with E-state index < -0.39 is 0 Å². The molecule has 0 aromatic heterocycles. The molecule has 0 rings (SSSR count). The average molecular weight is 284 g/mol. The molecule has 0 spiro atoms. The molecule has 0 aromatic rings. The van der Waals surface area contributed by atoms with E-state index in [0.29, 0.717) is 19.0 Å². The lowest BCUT2D eigenvalue weighted by molar-refractivity contribution is -0.124. The Morgan fingerprint density at radius 2 is 1.70 bits per heavy atom. The van der Waals surface area contributed by atoms with Crippen LogP contribution in [-0.2, 0) is 9.59 Å². The minimum Gasteiger partial charge on any atom is -0.356 e. The Balaban J connectivity index is 3.96. The molecule has 2 N–H and O–H groups in total. The first-order valence-corrected chi connectivity index (χ1v) is 7.94. The maximum absolute atomic E-state index is 12.1. The van der Waals surface area contributed by atoms with Gasteiger partial charge in [-0.2, -0.15) is 0 Å². The summed E-state index contributed by atoms with van der Waals surface area (Å²) >= 11 is 0. The average Bonchev–Trinajstić information content (AvgIpc) is 2.35. The minimum absolute atomic E-state index is 0.0543. The molecule has 0 aromatic carbocycles. The lowest BCUT2D eigenvalue weighted by Crippen LogP contribution is -2.42. The second-order valence-electron chi connectivity index (χ2n) is 6.03. The first kappa shape index (κ1) is 19.1. The molecule has 0 bridgehead atoms. The Morgan fingerprint density at radius 3 is 2.20 bits per heavy atom. The lowest BCUT2D eigenvalue weighted by Gasteiger charge is -2.22. The van der Waals surface area contributed by atoms with Crippen molar-refractivity contribution in [3.8, 4) is 0 Å². The smallest absolute Gasteiger partial charge is 0.219 e. The van der Waals surface area contributed by atoms with Crippen molar-refractivity contribution in [1.29, 1.82) is 0 Å². The molecule has 0 heterocycles. The van der Waals surface area contributed by atoms with E-state index in [0.717, 1.165) is 25.7 Å². The molecule has 0 fully saturated rings. The first-order chi connectivity index (χ1) is 9.38. The van der Waals surface area contributed by atoms with Crippen LogP contribution < -0.4 is 10.6 Å². The highest BCUT2D eigenvalue weighted by atomic mass is 16.1. The van der Waals surface area contributed by atoms with E-state index in [9.17, 15) is 9.59 Å². The SMILES string of the molecule is CCCC(=O)NCCCCC(NC(C)C)C(=O)C(C)C. The van der Waals surface area contributed by atoms with Gasteiger partial charge in [-0.05, 0) is 25.7 Å². The highest BCUT2D eigenvalue weighted by molar-refractivity contribution is 5.85. The van der Waals surface area contributed by atoms with Gasteiger partial charge in [0.25, 0.3) is 0 Å². The van der Waals surface area contributed by atoms with Crippen LogP contribution in [0.15, 0.2) is 0 Å². The zero-order valence-electron chi connectivity index (χ0n) is 13.8. The van der Waals surface area contributed by atoms with E-state index in [1.54, 1.807) is 0 Å². The van der Waals surface area contributed by atoms with Gasteiger partial charge in [0.15, 0.2) is 5.78 Å². The number of carbonyl (C=O) groups excluding carboxylic acids is 2. The third-order valence-electron chi connectivity index (χ3n) is 3.17. The van der Waals surface area contributed by atoms with Crippen molar-refractivity contribution in [1.82, 2.24) is 10.6 Å². The van der Waals surface area contributed by atoms with Crippen molar-refractivity contribution in [2.45, 2.75) is 78.8 Å².